The number of sulfonamides is 1. The Morgan fingerprint density at radius 3 is 2.32 bits per heavy atom. The predicted octanol–water partition coefficient (Wildman–Crippen LogP) is 6.95. The molecule has 0 aliphatic rings. The van der Waals surface area contributed by atoms with Crippen LogP contribution in [0.1, 0.15) is 54.1 Å². The Balaban J connectivity index is 1.61. The Labute approximate surface area is 238 Å². The lowest BCUT2D eigenvalue weighted by atomic mass is 10.1. The molecule has 0 atom stereocenters. The smallest absolute Gasteiger partial charge is 0.261 e. The molecular formula is C28H32BrN3O4S2. The van der Waals surface area contributed by atoms with Gasteiger partial charge in [-0.3, -0.25) is 14.8 Å². The molecule has 0 heterocycles. The SMILES string of the molecule is CCCCCCOc1ccc(Br)cc1C(=O)NC(=S)Nc1ccc(S(=O)(=O)Nc2ccc(C)c(C)c2)cc1. The van der Waals surface area contributed by atoms with Gasteiger partial charge in [0.2, 0.25) is 0 Å². The molecule has 3 rings (SSSR count). The standard InChI is InChI=1S/C28H32BrN3O4S2/c1-4-5-6-7-16-36-26-15-9-21(29)18-25(26)27(33)31-28(37)30-22-11-13-24(14-12-22)38(34,35)32-23-10-8-19(2)20(3)17-23/h8-15,17-18,32H,4-7,16H2,1-3H3,(H2,30,31,33,37). The number of anilines is 2. The zero-order valence-electron chi connectivity index (χ0n) is 21.6. The number of hydrogen-bond acceptors (Lipinski definition) is 5. The number of aryl methyl sites for hydroxylation is 2. The number of hydrogen-bond donors (Lipinski definition) is 3. The monoisotopic (exact) mass is 617 g/mol. The van der Waals surface area contributed by atoms with Crippen LogP contribution in [0.4, 0.5) is 11.4 Å². The molecule has 38 heavy (non-hydrogen) atoms. The van der Waals surface area contributed by atoms with Crippen molar-refractivity contribution < 1.29 is 17.9 Å². The second kappa shape index (κ2) is 13.7. The molecule has 3 N–H and O–H groups in total. The first-order chi connectivity index (χ1) is 18.1. The first kappa shape index (κ1) is 29.6. The molecule has 3 aromatic carbocycles. The number of rotatable bonds is 11. The van der Waals surface area contributed by atoms with Crippen LogP contribution in [-0.4, -0.2) is 26.0 Å². The number of unbranched alkanes of at least 4 members (excludes halogenated alkanes) is 3. The van der Waals surface area contributed by atoms with Crippen LogP contribution >= 0.6 is 28.1 Å². The van der Waals surface area contributed by atoms with E-state index in [1.54, 1.807) is 36.4 Å². The van der Waals surface area contributed by atoms with Crippen molar-refractivity contribution >= 4 is 60.6 Å². The Bertz CT molecular complexity index is 1390. The van der Waals surface area contributed by atoms with Gasteiger partial charge in [0.05, 0.1) is 17.1 Å². The number of ether oxygens (including phenoxy) is 1. The fraction of sp³-hybridized carbons (Fsp3) is 0.286. The van der Waals surface area contributed by atoms with Crippen LogP contribution in [-0.2, 0) is 10.0 Å². The van der Waals surface area contributed by atoms with Crippen molar-refractivity contribution in [2.24, 2.45) is 0 Å². The number of halogens is 1. The first-order valence-electron chi connectivity index (χ1n) is 12.3. The second-order valence-corrected chi connectivity index (χ2v) is 11.9. The summed E-state index contributed by atoms with van der Waals surface area (Å²) in [5, 5.41) is 5.65. The van der Waals surface area contributed by atoms with E-state index in [1.807, 2.05) is 26.0 Å². The second-order valence-electron chi connectivity index (χ2n) is 8.89. The number of carbonyl (C=O) groups is 1. The minimum atomic E-state index is -3.76. The summed E-state index contributed by atoms with van der Waals surface area (Å²) in [6.45, 7) is 6.57. The average Bonchev–Trinajstić information content (AvgIpc) is 2.87. The molecule has 7 nitrogen and oxygen atoms in total. The maximum atomic E-state index is 12.9. The number of benzene rings is 3. The van der Waals surface area contributed by atoms with Gasteiger partial charge in [-0.15, -0.1) is 0 Å². The topological polar surface area (TPSA) is 96.5 Å². The average molecular weight is 619 g/mol. The van der Waals surface area contributed by atoms with E-state index >= 15 is 0 Å². The molecule has 0 aliphatic carbocycles. The molecule has 0 saturated heterocycles. The minimum absolute atomic E-state index is 0.0766. The maximum Gasteiger partial charge on any atom is 0.261 e. The van der Waals surface area contributed by atoms with E-state index in [9.17, 15) is 13.2 Å². The van der Waals surface area contributed by atoms with Crippen molar-refractivity contribution in [1.82, 2.24) is 5.32 Å². The van der Waals surface area contributed by atoms with E-state index < -0.39 is 15.9 Å². The fourth-order valence-electron chi connectivity index (χ4n) is 3.59. The molecule has 1 amide bonds. The first-order valence-corrected chi connectivity index (χ1v) is 15.0. The lowest BCUT2D eigenvalue weighted by Crippen LogP contribution is -2.34. The van der Waals surface area contributed by atoms with Gasteiger partial charge in [-0.05, 0) is 98.2 Å². The minimum Gasteiger partial charge on any atom is -0.493 e. The van der Waals surface area contributed by atoms with Crippen LogP contribution in [0.15, 0.2) is 70.0 Å². The lowest BCUT2D eigenvalue weighted by molar-refractivity contribution is 0.0973. The van der Waals surface area contributed by atoms with E-state index in [4.69, 9.17) is 17.0 Å². The molecule has 3 aromatic rings. The van der Waals surface area contributed by atoms with Crippen molar-refractivity contribution in [2.75, 3.05) is 16.6 Å². The van der Waals surface area contributed by atoms with Gasteiger partial charge in [0, 0.05) is 15.8 Å². The number of carbonyl (C=O) groups excluding carboxylic acids is 1. The van der Waals surface area contributed by atoms with Gasteiger partial charge in [-0.25, -0.2) is 8.42 Å². The van der Waals surface area contributed by atoms with Crippen LogP contribution in [0.5, 0.6) is 5.75 Å². The van der Waals surface area contributed by atoms with Gasteiger partial charge < -0.3 is 10.1 Å². The van der Waals surface area contributed by atoms with Crippen LogP contribution in [0, 0.1) is 13.8 Å². The van der Waals surface area contributed by atoms with Gasteiger partial charge in [0.1, 0.15) is 5.75 Å². The quantitative estimate of drug-likeness (QED) is 0.159. The van der Waals surface area contributed by atoms with Gasteiger partial charge in [-0.2, -0.15) is 0 Å². The molecule has 0 saturated carbocycles. The molecule has 202 valence electrons. The number of nitrogens with one attached hydrogen (secondary N) is 3. The Morgan fingerprint density at radius 1 is 0.921 bits per heavy atom. The third-order valence-electron chi connectivity index (χ3n) is 5.85. The van der Waals surface area contributed by atoms with Crippen LogP contribution in [0.3, 0.4) is 0 Å². The molecule has 0 unspecified atom stereocenters. The van der Waals surface area contributed by atoms with E-state index in [1.165, 1.54) is 12.1 Å². The highest BCUT2D eigenvalue weighted by atomic mass is 79.9. The zero-order valence-corrected chi connectivity index (χ0v) is 24.9. The molecule has 0 bridgehead atoms. The van der Waals surface area contributed by atoms with Gasteiger partial charge in [0.15, 0.2) is 5.11 Å². The Kier molecular flexibility index (Phi) is 10.7. The van der Waals surface area contributed by atoms with Crippen LogP contribution in [0.25, 0.3) is 0 Å². The number of amides is 1. The van der Waals surface area contributed by atoms with E-state index in [0.717, 1.165) is 41.3 Å². The predicted molar refractivity (Wildman–Crippen MR) is 161 cm³/mol. The lowest BCUT2D eigenvalue weighted by Gasteiger charge is -2.14. The van der Waals surface area contributed by atoms with E-state index in [2.05, 4.69) is 38.2 Å². The summed E-state index contributed by atoms with van der Waals surface area (Å²) in [5.41, 5.74) is 3.46. The summed E-state index contributed by atoms with van der Waals surface area (Å²) in [6.07, 6.45) is 4.27. The number of thiocarbonyl (C=S) groups is 1. The van der Waals surface area contributed by atoms with Crippen LogP contribution < -0.4 is 20.1 Å². The summed E-state index contributed by atoms with van der Waals surface area (Å²) >= 11 is 8.71. The van der Waals surface area contributed by atoms with Crippen molar-refractivity contribution in [2.45, 2.75) is 51.3 Å². The maximum absolute atomic E-state index is 12.9. The summed E-state index contributed by atoms with van der Waals surface area (Å²) in [6, 6.07) is 16.7. The largest absolute Gasteiger partial charge is 0.493 e. The van der Waals surface area contributed by atoms with Crippen molar-refractivity contribution in [3.63, 3.8) is 0 Å². The van der Waals surface area contributed by atoms with Crippen molar-refractivity contribution in [3.8, 4) is 5.75 Å². The Morgan fingerprint density at radius 2 is 1.63 bits per heavy atom. The van der Waals surface area contributed by atoms with Gasteiger partial charge in [0.25, 0.3) is 15.9 Å². The van der Waals surface area contributed by atoms with Crippen molar-refractivity contribution in [1.29, 1.82) is 0 Å². The molecule has 10 heteroatoms. The summed E-state index contributed by atoms with van der Waals surface area (Å²) < 4.78 is 34.8. The molecule has 0 spiro atoms. The zero-order chi connectivity index (χ0) is 27.7. The highest BCUT2D eigenvalue weighted by molar-refractivity contribution is 9.10. The Hall–Kier alpha value is -2.95. The molecule has 0 aliphatic heterocycles. The summed E-state index contributed by atoms with van der Waals surface area (Å²) in [4.78, 5) is 13.0. The molecule has 0 radical (unpaired) electrons. The molecule has 0 aromatic heterocycles. The van der Waals surface area contributed by atoms with Gasteiger partial charge in [-0.1, -0.05) is 48.2 Å². The highest BCUT2D eigenvalue weighted by Gasteiger charge is 2.17. The van der Waals surface area contributed by atoms with Gasteiger partial charge >= 0.3 is 0 Å². The van der Waals surface area contributed by atoms with E-state index in [-0.39, 0.29) is 10.0 Å². The highest BCUT2D eigenvalue weighted by Crippen LogP contribution is 2.24. The molecule has 0 fully saturated rings. The summed E-state index contributed by atoms with van der Waals surface area (Å²) in [7, 11) is -3.76. The van der Waals surface area contributed by atoms with Crippen LogP contribution in [0.2, 0.25) is 0 Å². The summed E-state index contributed by atoms with van der Waals surface area (Å²) in [5.74, 6) is 0.0694. The van der Waals surface area contributed by atoms with E-state index in [0.29, 0.717) is 29.3 Å². The normalized spacial score (nSPS) is 11.1. The third kappa shape index (κ3) is 8.54. The molecular weight excluding hydrogens is 586 g/mol. The van der Waals surface area contributed by atoms with Crippen molar-refractivity contribution in [3.05, 3.63) is 81.8 Å². The fourth-order valence-corrected chi connectivity index (χ4v) is 5.21. The third-order valence-corrected chi connectivity index (χ3v) is 7.94.